The molecule has 2 rings (SSSR count). The summed E-state index contributed by atoms with van der Waals surface area (Å²) in [4.78, 5) is 23.8. The number of para-hydroxylation sites is 2. The van der Waals surface area contributed by atoms with Gasteiger partial charge in [-0.05, 0) is 6.07 Å². The van der Waals surface area contributed by atoms with Crippen LogP contribution in [0.4, 0.5) is 11.4 Å². The predicted octanol–water partition coefficient (Wildman–Crippen LogP) is 2.69. The van der Waals surface area contributed by atoms with Gasteiger partial charge in [-0.15, -0.1) is 0 Å². The van der Waals surface area contributed by atoms with Gasteiger partial charge in [0.25, 0.3) is 5.69 Å². The Hall–Kier alpha value is -3.03. The van der Waals surface area contributed by atoms with Crippen LogP contribution in [0.25, 0.3) is 0 Å². The molecule has 0 saturated carbocycles. The second kappa shape index (κ2) is 5.08. The maximum atomic E-state index is 10.8. The van der Waals surface area contributed by atoms with Crippen molar-refractivity contribution in [3.05, 3.63) is 62.8 Å². The van der Waals surface area contributed by atoms with E-state index >= 15 is 0 Å². The Kier molecular flexibility index (Phi) is 3.33. The molecule has 0 saturated heterocycles. The van der Waals surface area contributed by atoms with Crippen LogP contribution in [-0.4, -0.2) is 14.8 Å². The molecule has 0 fully saturated rings. The Balaban J connectivity index is 2.26. The lowest BCUT2D eigenvalue weighted by atomic mass is 10.3. The highest BCUT2D eigenvalue weighted by molar-refractivity contribution is 5.47. The summed E-state index contributed by atoms with van der Waals surface area (Å²) in [6.45, 7) is 0. The van der Waals surface area contributed by atoms with Gasteiger partial charge in [-0.3, -0.25) is 20.2 Å². The highest BCUT2D eigenvalue weighted by Crippen LogP contribution is 2.30. The fraction of sp³-hybridized carbons (Fsp3) is 0. The van der Waals surface area contributed by atoms with E-state index in [-0.39, 0.29) is 23.0 Å². The lowest BCUT2D eigenvalue weighted by Crippen LogP contribution is -1.95. The zero-order chi connectivity index (χ0) is 13.8. The minimum absolute atomic E-state index is 0.0221. The van der Waals surface area contributed by atoms with Crippen molar-refractivity contribution in [3.8, 4) is 11.6 Å². The molecule has 1 aromatic carbocycles. The van der Waals surface area contributed by atoms with Crippen molar-refractivity contribution in [3.63, 3.8) is 0 Å². The van der Waals surface area contributed by atoms with E-state index in [4.69, 9.17) is 4.74 Å². The summed E-state index contributed by atoms with van der Waals surface area (Å²) in [6, 6.07) is 8.27. The van der Waals surface area contributed by atoms with Crippen molar-refractivity contribution in [2.75, 3.05) is 0 Å². The zero-order valence-electron chi connectivity index (χ0n) is 9.42. The van der Waals surface area contributed by atoms with Crippen LogP contribution in [0.3, 0.4) is 0 Å². The summed E-state index contributed by atoms with van der Waals surface area (Å²) in [5, 5.41) is 21.2. The van der Waals surface area contributed by atoms with E-state index in [0.29, 0.717) is 0 Å². The Morgan fingerprint density at radius 1 is 1.00 bits per heavy atom. The SMILES string of the molecule is O=[N+]([O-])c1ccc(Oc2ccccc2[N+](=O)[O-])nc1. The number of ether oxygens (including phenoxy) is 1. The second-order valence-electron chi connectivity index (χ2n) is 3.44. The fourth-order valence-corrected chi connectivity index (χ4v) is 1.35. The summed E-state index contributed by atoms with van der Waals surface area (Å²) < 4.78 is 5.23. The van der Waals surface area contributed by atoms with Gasteiger partial charge in [0.1, 0.15) is 6.20 Å². The van der Waals surface area contributed by atoms with Gasteiger partial charge >= 0.3 is 5.69 Å². The van der Waals surface area contributed by atoms with Gasteiger partial charge in [-0.25, -0.2) is 4.98 Å². The monoisotopic (exact) mass is 261 g/mol. The number of hydrogen-bond acceptors (Lipinski definition) is 6. The van der Waals surface area contributed by atoms with E-state index in [9.17, 15) is 20.2 Å². The second-order valence-corrected chi connectivity index (χ2v) is 3.44. The van der Waals surface area contributed by atoms with Crippen LogP contribution >= 0.6 is 0 Å². The predicted molar refractivity (Wildman–Crippen MR) is 64.1 cm³/mol. The van der Waals surface area contributed by atoms with Gasteiger partial charge in [0.2, 0.25) is 11.6 Å². The molecular weight excluding hydrogens is 254 g/mol. The summed E-state index contributed by atoms with van der Waals surface area (Å²) in [5.74, 6) is 0.0637. The number of nitro benzene ring substituents is 1. The average molecular weight is 261 g/mol. The molecule has 0 bridgehead atoms. The molecule has 0 amide bonds. The first-order chi connectivity index (χ1) is 9.08. The first-order valence-electron chi connectivity index (χ1n) is 5.09. The van der Waals surface area contributed by atoms with E-state index in [0.717, 1.165) is 6.20 Å². The van der Waals surface area contributed by atoms with Gasteiger partial charge in [-0.2, -0.15) is 0 Å². The quantitative estimate of drug-likeness (QED) is 0.618. The van der Waals surface area contributed by atoms with Gasteiger partial charge in [-0.1, -0.05) is 12.1 Å². The third-order valence-electron chi connectivity index (χ3n) is 2.21. The number of nitro groups is 2. The van der Waals surface area contributed by atoms with Crippen LogP contribution < -0.4 is 4.74 Å². The van der Waals surface area contributed by atoms with Crippen LogP contribution in [-0.2, 0) is 0 Å². The molecule has 0 aliphatic heterocycles. The van der Waals surface area contributed by atoms with Crippen molar-refractivity contribution in [2.45, 2.75) is 0 Å². The highest BCUT2D eigenvalue weighted by atomic mass is 16.6. The van der Waals surface area contributed by atoms with Crippen LogP contribution in [0.2, 0.25) is 0 Å². The van der Waals surface area contributed by atoms with E-state index in [1.165, 1.54) is 30.3 Å². The molecule has 1 heterocycles. The highest BCUT2D eigenvalue weighted by Gasteiger charge is 2.15. The summed E-state index contributed by atoms with van der Waals surface area (Å²) in [7, 11) is 0. The Bertz CT molecular complexity index is 626. The molecule has 0 unspecified atom stereocenters. The molecule has 0 radical (unpaired) electrons. The van der Waals surface area contributed by atoms with Gasteiger partial charge in [0.15, 0.2) is 0 Å². The molecule has 0 spiro atoms. The van der Waals surface area contributed by atoms with Gasteiger partial charge in [0, 0.05) is 18.2 Å². The molecule has 0 N–H and O–H groups in total. The number of nitrogens with zero attached hydrogens (tertiary/aromatic N) is 3. The Labute approximate surface area is 106 Å². The third kappa shape index (κ3) is 2.80. The molecule has 2 aromatic rings. The molecule has 96 valence electrons. The molecule has 0 aliphatic carbocycles. The number of aromatic nitrogens is 1. The molecule has 19 heavy (non-hydrogen) atoms. The van der Waals surface area contributed by atoms with Crippen molar-refractivity contribution in [2.24, 2.45) is 0 Å². The maximum Gasteiger partial charge on any atom is 0.311 e. The lowest BCUT2D eigenvalue weighted by molar-refractivity contribution is -0.385. The van der Waals surface area contributed by atoms with Crippen LogP contribution in [0, 0.1) is 20.2 Å². The maximum absolute atomic E-state index is 10.8. The largest absolute Gasteiger partial charge is 0.432 e. The smallest absolute Gasteiger partial charge is 0.311 e. The average Bonchev–Trinajstić information content (AvgIpc) is 2.39. The number of hydrogen-bond donors (Lipinski definition) is 0. The number of pyridine rings is 1. The number of benzene rings is 1. The van der Waals surface area contributed by atoms with Crippen LogP contribution in [0.1, 0.15) is 0 Å². The first-order valence-corrected chi connectivity index (χ1v) is 5.09. The third-order valence-corrected chi connectivity index (χ3v) is 2.21. The molecule has 0 aliphatic rings. The van der Waals surface area contributed by atoms with Crippen molar-refractivity contribution in [1.82, 2.24) is 4.98 Å². The normalized spacial score (nSPS) is 9.89. The minimum Gasteiger partial charge on any atom is -0.432 e. The standard InChI is InChI=1S/C11H7N3O5/c15-13(16)8-5-6-11(12-7-8)19-10-4-2-1-3-9(10)14(17)18/h1-7H. The molecule has 8 heteroatoms. The van der Waals surface area contributed by atoms with E-state index in [1.807, 2.05) is 0 Å². The molecule has 0 atom stereocenters. The molecule has 8 nitrogen and oxygen atoms in total. The minimum atomic E-state index is -0.595. The zero-order valence-corrected chi connectivity index (χ0v) is 9.42. The first kappa shape index (κ1) is 12.4. The van der Waals surface area contributed by atoms with E-state index in [1.54, 1.807) is 6.07 Å². The van der Waals surface area contributed by atoms with Crippen molar-refractivity contribution >= 4 is 11.4 Å². The Morgan fingerprint density at radius 2 is 1.74 bits per heavy atom. The molecule has 1 aromatic heterocycles. The van der Waals surface area contributed by atoms with E-state index < -0.39 is 9.85 Å². The van der Waals surface area contributed by atoms with Gasteiger partial charge < -0.3 is 4.74 Å². The Morgan fingerprint density at radius 3 is 2.32 bits per heavy atom. The summed E-state index contributed by atoms with van der Waals surface area (Å²) >= 11 is 0. The topological polar surface area (TPSA) is 108 Å². The van der Waals surface area contributed by atoms with Crippen LogP contribution in [0.15, 0.2) is 42.6 Å². The fourth-order valence-electron chi connectivity index (χ4n) is 1.35. The summed E-state index contributed by atoms with van der Waals surface area (Å²) in [6.07, 6.45) is 1.02. The lowest BCUT2D eigenvalue weighted by Gasteiger charge is -2.04. The summed E-state index contributed by atoms with van der Waals surface area (Å²) in [5.41, 5.74) is -0.391. The van der Waals surface area contributed by atoms with Crippen LogP contribution in [0.5, 0.6) is 11.6 Å². The van der Waals surface area contributed by atoms with Crippen molar-refractivity contribution < 1.29 is 14.6 Å². The van der Waals surface area contributed by atoms with E-state index in [2.05, 4.69) is 4.98 Å². The molecular formula is C11H7N3O5. The number of rotatable bonds is 4. The van der Waals surface area contributed by atoms with Gasteiger partial charge in [0.05, 0.1) is 9.85 Å². The van der Waals surface area contributed by atoms with Crippen molar-refractivity contribution in [1.29, 1.82) is 0 Å².